The molecule has 0 aliphatic rings. The van der Waals surface area contributed by atoms with E-state index >= 15 is 0 Å². The number of benzene rings is 1. The number of anilines is 1. The number of carbonyl (C=O) groups is 1. The van der Waals surface area contributed by atoms with Gasteiger partial charge in [0, 0.05) is 11.8 Å². The Balaban J connectivity index is 2.07. The van der Waals surface area contributed by atoms with Crippen LogP contribution in [0.3, 0.4) is 0 Å². The number of hydrogen-bond acceptors (Lipinski definition) is 4. The third-order valence-electron chi connectivity index (χ3n) is 3.36. The number of halogens is 2. The van der Waals surface area contributed by atoms with Gasteiger partial charge in [-0.15, -0.1) is 0 Å². The van der Waals surface area contributed by atoms with E-state index in [9.17, 15) is 9.59 Å². The number of rotatable bonds is 3. The normalized spacial score (nSPS) is 10.6. The van der Waals surface area contributed by atoms with Gasteiger partial charge in [0.05, 0.1) is 10.0 Å². The van der Waals surface area contributed by atoms with Gasteiger partial charge in [-0.3, -0.25) is 9.59 Å². The first-order valence-electron chi connectivity index (χ1n) is 6.88. The second-order valence-electron chi connectivity index (χ2n) is 4.93. The molecule has 2 heterocycles. The first-order chi connectivity index (χ1) is 11.5. The van der Waals surface area contributed by atoms with Gasteiger partial charge in [0.1, 0.15) is 22.7 Å². The molecule has 3 rings (SSSR count). The Kier molecular flexibility index (Phi) is 4.42. The number of nitrogens with one attached hydrogen (secondary N) is 2. The molecule has 0 bridgehead atoms. The lowest BCUT2D eigenvalue weighted by Gasteiger charge is -2.07. The quantitative estimate of drug-likeness (QED) is 0.738. The maximum Gasteiger partial charge on any atom is 0.271 e. The molecule has 2 N–H and O–H groups in total. The molecule has 122 valence electrons. The van der Waals surface area contributed by atoms with Crippen molar-refractivity contribution in [3.63, 3.8) is 0 Å². The fourth-order valence-electron chi connectivity index (χ4n) is 2.24. The number of aromatic nitrogens is 2. The minimum atomic E-state index is -0.545. The van der Waals surface area contributed by atoms with Crippen LogP contribution < -0.4 is 10.9 Å². The van der Waals surface area contributed by atoms with Crippen molar-refractivity contribution in [2.24, 2.45) is 0 Å². The zero-order valence-electron chi connectivity index (χ0n) is 12.4. The maximum atomic E-state index is 12.6. The summed E-state index contributed by atoms with van der Waals surface area (Å²) in [6.07, 6.45) is 1.47. The summed E-state index contributed by atoms with van der Waals surface area (Å²) < 4.78 is 5.14. The third kappa shape index (κ3) is 2.93. The molecule has 6 nitrogen and oxygen atoms in total. The number of amides is 1. The Morgan fingerprint density at radius 1 is 1.21 bits per heavy atom. The van der Waals surface area contributed by atoms with Gasteiger partial charge >= 0.3 is 0 Å². The van der Waals surface area contributed by atoms with Crippen molar-refractivity contribution >= 4 is 34.8 Å². The predicted octanol–water partition coefficient (Wildman–Crippen LogP) is 3.90. The molecule has 24 heavy (non-hydrogen) atoms. The molecule has 0 aliphatic heterocycles. The third-order valence-corrected chi connectivity index (χ3v) is 3.99. The van der Waals surface area contributed by atoms with Crippen molar-refractivity contribution < 1.29 is 9.32 Å². The van der Waals surface area contributed by atoms with Crippen LogP contribution >= 0.6 is 23.2 Å². The lowest BCUT2D eigenvalue weighted by Crippen LogP contribution is -2.20. The summed E-state index contributed by atoms with van der Waals surface area (Å²) in [6.45, 7) is 1.59. The summed E-state index contributed by atoms with van der Waals surface area (Å²) in [5, 5.41) is 7.11. The van der Waals surface area contributed by atoms with Gasteiger partial charge in [-0.1, -0.05) is 34.4 Å². The van der Waals surface area contributed by atoms with Gasteiger partial charge in [0.2, 0.25) is 0 Å². The number of aryl methyl sites for hydroxylation is 1. The molecule has 2 aromatic heterocycles. The highest BCUT2D eigenvalue weighted by Crippen LogP contribution is 2.36. The molecule has 0 fully saturated rings. The van der Waals surface area contributed by atoms with Crippen molar-refractivity contribution in [2.75, 3.05) is 5.32 Å². The van der Waals surface area contributed by atoms with Gasteiger partial charge < -0.3 is 14.8 Å². The molecular weight excluding hydrogens is 353 g/mol. The Morgan fingerprint density at radius 2 is 1.92 bits per heavy atom. The van der Waals surface area contributed by atoms with E-state index in [-0.39, 0.29) is 22.7 Å². The summed E-state index contributed by atoms with van der Waals surface area (Å²) >= 11 is 12.4. The zero-order valence-corrected chi connectivity index (χ0v) is 13.9. The van der Waals surface area contributed by atoms with E-state index in [1.165, 1.54) is 12.3 Å². The van der Waals surface area contributed by atoms with Crippen LogP contribution in [0.25, 0.3) is 11.3 Å². The molecular formula is C16H11Cl2N3O3. The Morgan fingerprint density at radius 3 is 2.58 bits per heavy atom. The van der Waals surface area contributed by atoms with Gasteiger partial charge in [-0.2, -0.15) is 0 Å². The summed E-state index contributed by atoms with van der Waals surface area (Å²) in [6, 6.07) is 8.04. The van der Waals surface area contributed by atoms with Crippen LogP contribution in [0.1, 0.15) is 16.1 Å². The van der Waals surface area contributed by atoms with E-state index in [1.54, 1.807) is 31.2 Å². The van der Waals surface area contributed by atoms with Gasteiger partial charge in [0.15, 0.2) is 0 Å². The van der Waals surface area contributed by atoms with Crippen molar-refractivity contribution in [1.29, 1.82) is 0 Å². The molecule has 1 aromatic carbocycles. The Labute approximate surface area is 146 Å². The van der Waals surface area contributed by atoms with Crippen LogP contribution in [-0.4, -0.2) is 16.0 Å². The number of aromatic amines is 1. The van der Waals surface area contributed by atoms with Crippen molar-refractivity contribution in [3.05, 3.63) is 68.3 Å². The minimum absolute atomic E-state index is 0.110. The second-order valence-corrected chi connectivity index (χ2v) is 5.74. The summed E-state index contributed by atoms with van der Waals surface area (Å²) in [7, 11) is 0. The Bertz CT molecular complexity index is 958. The molecule has 0 saturated carbocycles. The number of pyridine rings is 1. The smallest absolute Gasteiger partial charge is 0.271 e. The van der Waals surface area contributed by atoms with Crippen LogP contribution in [0.4, 0.5) is 5.69 Å². The molecule has 1 amide bonds. The molecule has 0 spiro atoms. The van der Waals surface area contributed by atoms with Crippen LogP contribution in [0.15, 0.2) is 45.8 Å². The van der Waals surface area contributed by atoms with Gasteiger partial charge in [0.25, 0.3) is 11.5 Å². The maximum absolute atomic E-state index is 12.6. The van der Waals surface area contributed by atoms with Crippen molar-refractivity contribution in [1.82, 2.24) is 10.1 Å². The van der Waals surface area contributed by atoms with E-state index in [2.05, 4.69) is 15.5 Å². The fourth-order valence-corrected chi connectivity index (χ4v) is 2.82. The van der Waals surface area contributed by atoms with Gasteiger partial charge in [-0.25, -0.2) is 0 Å². The molecule has 0 atom stereocenters. The average molecular weight is 364 g/mol. The standard InChI is InChI=1S/C16H11Cl2N3O3/c1-8-12(16(23)20-11-6-3-7-19-15(11)22)14(21-24-8)13-9(17)4-2-5-10(13)18/h2-7H,1H3,(H,19,22)(H,20,23). The number of hydrogen-bond donors (Lipinski definition) is 2. The van der Waals surface area contributed by atoms with Crippen LogP contribution in [0.5, 0.6) is 0 Å². The molecule has 0 aliphatic carbocycles. The van der Waals surface area contributed by atoms with Crippen LogP contribution in [0.2, 0.25) is 10.0 Å². The van der Waals surface area contributed by atoms with E-state index in [1.807, 2.05) is 0 Å². The van der Waals surface area contributed by atoms with E-state index in [4.69, 9.17) is 27.7 Å². The number of H-pyrrole nitrogens is 1. The minimum Gasteiger partial charge on any atom is -0.360 e. The zero-order chi connectivity index (χ0) is 17.3. The summed E-state index contributed by atoms with van der Waals surface area (Å²) in [4.78, 5) is 26.8. The fraction of sp³-hybridized carbons (Fsp3) is 0.0625. The molecule has 0 saturated heterocycles. The molecule has 8 heteroatoms. The monoisotopic (exact) mass is 363 g/mol. The first kappa shape index (κ1) is 16.3. The number of carbonyl (C=O) groups excluding carboxylic acids is 1. The van der Waals surface area contributed by atoms with Crippen LogP contribution in [0, 0.1) is 6.92 Å². The van der Waals surface area contributed by atoms with Crippen molar-refractivity contribution in [2.45, 2.75) is 6.92 Å². The highest BCUT2D eigenvalue weighted by atomic mass is 35.5. The van der Waals surface area contributed by atoms with Gasteiger partial charge in [-0.05, 0) is 31.2 Å². The second kappa shape index (κ2) is 6.51. The molecule has 3 aromatic rings. The molecule has 0 radical (unpaired) electrons. The average Bonchev–Trinajstić information content (AvgIpc) is 2.91. The predicted molar refractivity (Wildman–Crippen MR) is 91.7 cm³/mol. The van der Waals surface area contributed by atoms with E-state index in [0.717, 1.165) is 0 Å². The summed E-state index contributed by atoms with van der Waals surface area (Å²) in [5.41, 5.74) is 0.461. The van der Waals surface area contributed by atoms with E-state index < -0.39 is 11.5 Å². The lowest BCUT2D eigenvalue weighted by molar-refractivity contribution is 0.102. The highest BCUT2D eigenvalue weighted by molar-refractivity contribution is 6.39. The van der Waals surface area contributed by atoms with Crippen molar-refractivity contribution in [3.8, 4) is 11.3 Å². The topological polar surface area (TPSA) is 88.0 Å². The lowest BCUT2D eigenvalue weighted by atomic mass is 10.1. The molecule has 0 unspecified atom stereocenters. The largest absolute Gasteiger partial charge is 0.360 e. The summed E-state index contributed by atoms with van der Waals surface area (Å²) in [5.74, 6) is -0.262. The van der Waals surface area contributed by atoms with Crippen LogP contribution in [-0.2, 0) is 0 Å². The highest BCUT2D eigenvalue weighted by Gasteiger charge is 2.25. The first-order valence-corrected chi connectivity index (χ1v) is 7.64. The number of nitrogens with zero attached hydrogens (tertiary/aromatic N) is 1. The Hall–Kier alpha value is -2.57. The van der Waals surface area contributed by atoms with E-state index in [0.29, 0.717) is 15.6 Å². The SMILES string of the molecule is Cc1onc(-c2c(Cl)cccc2Cl)c1C(=O)Nc1ccc[nH]c1=O.